The summed E-state index contributed by atoms with van der Waals surface area (Å²) in [5.41, 5.74) is 6.99. The maximum absolute atomic E-state index is 6.17. The first-order valence-corrected chi connectivity index (χ1v) is 7.81. The summed E-state index contributed by atoms with van der Waals surface area (Å²) < 4.78 is 7.95. The van der Waals surface area contributed by atoms with Gasteiger partial charge in [0.15, 0.2) is 5.58 Å². The zero-order valence-electron chi connectivity index (χ0n) is 13.1. The third-order valence-electron chi connectivity index (χ3n) is 4.33. The van der Waals surface area contributed by atoms with Gasteiger partial charge < -0.3 is 4.42 Å². The van der Waals surface area contributed by atoms with E-state index in [4.69, 9.17) is 4.42 Å². The molecule has 4 aromatic rings. The normalized spacial score (nSPS) is 12.9. The van der Waals surface area contributed by atoms with Crippen LogP contribution in [0.5, 0.6) is 0 Å². The molecule has 1 aliphatic rings. The van der Waals surface area contributed by atoms with Crippen LogP contribution >= 0.6 is 0 Å². The summed E-state index contributed by atoms with van der Waals surface area (Å²) in [6.07, 6.45) is 8.44. The highest BCUT2D eigenvalue weighted by molar-refractivity contribution is 5.92. The van der Waals surface area contributed by atoms with E-state index in [0.29, 0.717) is 0 Å². The number of aryl methyl sites for hydroxylation is 1. The lowest BCUT2D eigenvalue weighted by Crippen LogP contribution is -1.84. The van der Waals surface area contributed by atoms with Gasteiger partial charge in [0.05, 0.1) is 11.9 Å². The van der Waals surface area contributed by atoms with E-state index in [1.807, 2.05) is 49.9 Å². The van der Waals surface area contributed by atoms with Crippen molar-refractivity contribution in [2.24, 2.45) is 12.0 Å². The van der Waals surface area contributed by atoms with Gasteiger partial charge in [0.1, 0.15) is 11.3 Å². The minimum atomic E-state index is 0.789. The number of furan rings is 1. The monoisotopic (exact) mass is 314 g/mol. The van der Waals surface area contributed by atoms with Crippen LogP contribution in [0.2, 0.25) is 0 Å². The molecule has 0 fully saturated rings. The first-order chi connectivity index (χ1) is 11.8. The average Bonchev–Trinajstić information content (AvgIpc) is 3.32. The molecule has 0 N–H and O–H groups in total. The second-order valence-electron chi connectivity index (χ2n) is 5.95. The van der Waals surface area contributed by atoms with Crippen LogP contribution in [0.15, 0.2) is 58.3 Å². The Morgan fingerprint density at radius 3 is 2.96 bits per heavy atom. The Hall–Kier alpha value is -3.21. The number of nitrogens with zero attached hydrogens (tertiary/aromatic N) is 4. The van der Waals surface area contributed by atoms with E-state index in [1.165, 1.54) is 5.56 Å². The van der Waals surface area contributed by atoms with E-state index >= 15 is 0 Å². The smallest absolute Gasteiger partial charge is 0.161 e. The third kappa shape index (κ3) is 1.98. The van der Waals surface area contributed by atoms with Crippen molar-refractivity contribution in [1.29, 1.82) is 0 Å². The summed E-state index contributed by atoms with van der Waals surface area (Å²) in [5, 5.41) is 4.24. The summed E-state index contributed by atoms with van der Waals surface area (Å²) in [6.45, 7) is 0. The lowest BCUT2D eigenvalue weighted by molar-refractivity contribution is 0.632. The van der Waals surface area contributed by atoms with E-state index in [1.54, 1.807) is 10.9 Å². The van der Waals surface area contributed by atoms with Crippen molar-refractivity contribution in [3.8, 4) is 22.5 Å². The predicted octanol–water partition coefficient (Wildman–Crippen LogP) is 4.15. The number of aliphatic imine (C=N–C) groups is 1. The molecule has 0 spiro atoms. The Kier molecular flexibility index (Phi) is 2.70. The molecule has 4 heterocycles. The molecule has 24 heavy (non-hydrogen) atoms. The van der Waals surface area contributed by atoms with Crippen molar-refractivity contribution < 1.29 is 4.42 Å². The third-order valence-corrected chi connectivity index (χ3v) is 4.33. The fourth-order valence-corrected chi connectivity index (χ4v) is 3.14. The van der Waals surface area contributed by atoms with Crippen molar-refractivity contribution in [2.45, 2.75) is 6.42 Å². The lowest BCUT2D eigenvalue weighted by Gasteiger charge is -2.01. The average molecular weight is 314 g/mol. The van der Waals surface area contributed by atoms with Crippen LogP contribution in [0.4, 0.5) is 5.69 Å². The first kappa shape index (κ1) is 13.2. The number of hydrogen-bond donors (Lipinski definition) is 0. The minimum Gasteiger partial charge on any atom is -0.454 e. The topological polar surface area (TPSA) is 56.2 Å². The number of rotatable bonds is 2. The van der Waals surface area contributed by atoms with Crippen LogP contribution in [-0.2, 0) is 13.5 Å². The fourth-order valence-electron chi connectivity index (χ4n) is 3.14. The zero-order valence-corrected chi connectivity index (χ0v) is 13.1. The molecule has 0 aliphatic carbocycles. The molecule has 3 aromatic heterocycles. The molecule has 0 saturated carbocycles. The van der Waals surface area contributed by atoms with Gasteiger partial charge in [-0.3, -0.25) is 14.7 Å². The molecule has 5 nitrogen and oxygen atoms in total. The maximum Gasteiger partial charge on any atom is 0.161 e. The fraction of sp³-hybridized carbons (Fsp3) is 0.105. The Morgan fingerprint density at radius 1 is 1.12 bits per heavy atom. The van der Waals surface area contributed by atoms with Crippen LogP contribution in [-0.4, -0.2) is 21.0 Å². The van der Waals surface area contributed by atoms with Crippen molar-refractivity contribution in [3.05, 3.63) is 54.5 Å². The van der Waals surface area contributed by atoms with Gasteiger partial charge in [-0.2, -0.15) is 5.10 Å². The first-order valence-electron chi connectivity index (χ1n) is 7.81. The molecule has 0 radical (unpaired) electrons. The van der Waals surface area contributed by atoms with E-state index in [0.717, 1.165) is 45.7 Å². The maximum atomic E-state index is 6.17. The molecular weight excluding hydrogens is 300 g/mol. The van der Waals surface area contributed by atoms with Crippen LogP contribution in [0.25, 0.3) is 33.6 Å². The predicted molar refractivity (Wildman–Crippen MR) is 93.5 cm³/mol. The Balaban J connectivity index is 1.66. The van der Waals surface area contributed by atoms with Crippen LogP contribution in [0, 0.1) is 0 Å². The molecule has 5 heteroatoms. The summed E-state index contributed by atoms with van der Waals surface area (Å²) in [5.74, 6) is 0.823. The van der Waals surface area contributed by atoms with Crippen molar-refractivity contribution in [3.63, 3.8) is 0 Å². The number of aromatic nitrogens is 3. The van der Waals surface area contributed by atoms with Crippen molar-refractivity contribution in [1.82, 2.24) is 14.8 Å². The van der Waals surface area contributed by atoms with E-state index in [-0.39, 0.29) is 0 Å². The second-order valence-corrected chi connectivity index (χ2v) is 5.95. The highest BCUT2D eigenvalue weighted by Crippen LogP contribution is 2.35. The van der Waals surface area contributed by atoms with Crippen LogP contribution < -0.4 is 0 Å². The van der Waals surface area contributed by atoms with Crippen molar-refractivity contribution in [2.75, 3.05) is 0 Å². The summed E-state index contributed by atoms with van der Waals surface area (Å²) in [4.78, 5) is 8.80. The van der Waals surface area contributed by atoms with E-state index in [9.17, 15) is 0 Å². The SMILES string of the molecule is Cn1cc(-c2ccnc3cc(-c4ccc5c(c4)CC=N5)oc23)cn1. The number of pyridine rings is 1. The standard InChI is InChI=1S/C19H14N4O/c1-23-11-14(10-22-23)15-5-7-21-17-9-18(24-19(15)17)13-2-3-16-12(8-13)4-6-20-16/h2-3,5-11H,4H2,1H3. The molecule has 1 aromatic carbocycles. The Morgan fingerprint density at radius 2 is 2.08 bits per heavy atom. The van der Waals surface area contributed by atoms with Gasteiger partial charge >= 0.3 is 0 Å². The molecule has 116 valence electrons. The molecule has 0 bridgehead atoms. The number of hydrogen-bond acceptors (Lipinski definition) is 4. The molecule has 0 atom stereocenters. The number of fused-ring (bicyclic) bond motifs is 2. The molecule has 0 saturated heterocycles. The van der Waals surface area contributed by atoms with Gasteiger partial charge in [-0.25, -0.2) is 0 Å². The largest absolute Gasteiger partial charge is 0.454 e. The summed E-state index contributed by atoms with van der Waals surface area (Å²) in [6, 6.07) is 10.2. The van der Waals surface area contributed by atoms with Gasteiger partial charge in [-0.1, -0.05) is 0 Å². The summed E-state index contributed by atoms with van der Waals surface area (Å²) in [7, 11) is 1.90. The molecule has 0 amide bonds. The lowest BCUT2D eigenvalue weighted by atomic mass is 10.1. The quantitative estimate of drug-likeness (QED) is 0.558. The zero-order chi connectivity index (χ0) is 16.1. The highest BCUT2D eigenvalue weighted by Gasteiger charge is 2.15. The number of benzene rings is 1. The molecule has 1 aliphatic heterocycles. The van der Waals surface area contributed by atoms with E-state index in [2.05, 4.69) is 21.1 Å². The minimum absolute atomic E-state index is 0.789. The molecular formula is C19H14N4O. The Bertz CT molecular complexity index is 1100. The van der Waals surface area contributed by atoms with Crippen LogP contribution in [0.1, 0.15) is 5.56 Å². The Labute approximate surface area is 138 Å². The van der Waals surface area contributed by atoms with Gasteiger partial charge in [0, 0.05) is 54.8 Å². The molecule has 0 unspecified atom stereocenters. The highest BCUT2D eigenvalue weighted by atomic mass is 16.3. The van der Waals surface area contributed by atoms with Crippen molar-refractivity contribution >= 4 is 23.0 Å². The van der Waals surface area contributed by atoms with Gasteiger partial charge in [-0.05, 0) is 29.8 Å². The van der Waals surface area contributed by atoms with Gasteiger partial charge in [0.25, 0.3) is 0 Å². The molecule has 5 rings (SSSR count). The van der Waals surface area contributed by atoms with Crippen LogP contribution in [0.3, 0.4) is 0 Å². The van der Waals surface area contributed by atoms with Gasteiger partial charge in [0.2, 0.25) is 0 Å². The van der Waals surface area contributed by atoms with E-state index < -0.39 is 0 Å². The second kappa shape index (κ2) is 4.89. The van der Waals surface area contributed by atoms with Gasteiger partial charge in [-0.15, -0.1) is 0 Å². The summed E-state index contributed by atoms with van der Waals surface area (Å²) >= 11 is 0.